The van der Waals surface area contributed by atoms with Gasteiger partial charge < -0.3 is 44.8 Å². The normalized spacial score (nSPS) is 17.8. The average molecular weight is 811 g/mol. The van der Waals surface area contributed by atoms with E-state index >= 15 is 0 Å². The molecule has 0 radical (unpaired) electrons. The number of unbranched alkanes of at least 4 members (excludes halogenated alkanes) is 11. The van der Waals surface area contributed by atoms with Crippen molar-refractivity contribution in [1.29, 1.82) is 0 Å². The van der Waals surface area contributed by atoms with E-state index in [1.165, 1.54) is 44.9 Å². The second kappa shape index (κ2) is 36.0. The lowest BCUT2D eigenvalue weighted by Crippen LogP contribution is -2.59. The number of ether oxygens (including phenoxy) is 3. The highest BCUT2D eigenvalue weighted by molar-refractivity contribution is 5.89. The van der Waals surface area contributed by atoms with Gasteiger partial charge in [-0.05, 0) is 108 Å². The number of carbonyl (C=O) groups excluding carboxylic acids is 1. The van der Waals surface area contributed by atoms with Crippen molar-refractivity contribution >= 4 is 5.97 Å². The van der Waals surface area contributed by atoms with Gasteiger partial charge in [-0.2, -0.15) is 0 Å². The second-order valence-electron chi connectivity index (χ2n) is 12.8. The van der Waals surface area contributed by atoms with Crippen molar-refractivity contribution in [3.05, 3.63) is 0 Å². The maximum atomic E-state index is 12.6. The molecule has 60 heavy (non-hydrogen) atoms. The maximum absolute atomic E-state index is 12.6. The topological polar surface area (TPSA) is 166 Å². The number of hydrogen-bond acceptors (Lipinski definition) is 10. The molecule has 1 heterocycles. The summed E-state index contributed by atoms with van der Waals surface area (Å²) in [5.74, 6) is 57.8. The Morgan fingerprint density at radius 2 is 0.967 bits per heavy atom. The van der Waals surface area contributed by atoms with Gasteiger partial charge in [0.25, 0.3) is 0 Å². The van der Waals surface area contributed by atoms with Crippen LogP contribution in [0.25, 0.3) is 0 Å². The quantitative estimate of drug-likeness (QED) is 0.0461. The van der Waals surface area contributed by atoms with Crippen molar-refractivity contribution in [2.45, 2.75) is 146 Å². The summed E-state index contributed by atoms with van der Waals surface area (Å²) in [6.07, 6.45) is 1.53. The standard InChI is InChI=1S/C50H50O10/c1-3-5-7-9-11-13-15-17-18-19-20-21-22-23-24-25-26-27-29-31-33-35-37-39-45(53)59-44(41-58-50-49(57)48(56)47(55)43(40-51)60-50)46(54)42(52)38-36-34-32-30-28-16-14-12-10-8-6-4-2/h42-44,46-52,54-57H,4,6,8,10,12,14,16,28,30,32,34,36,38,40-41H2,1-2H3/t42-,43?,44+,46-,47?,48?,49?,50?/m1/s1. The zero-order valence-electron chi connectivity index (χ0n) is 34.0. The van der Waals surface area contributed by atoms with Crippen LogP contribution in [-0.2, 0) is 19.0 Å². The Bertz CT molecular complexity index is 2130. The smallest absolute Gasteiger partial charge is 0.385 e. The van der Waals surface area contributed by atoms with E-state index in [9.17, 15) is 35.4 Å². The minimum absolute atomic E-state index is 0.219. The Kier molecular flexibility index (Phi) is 31.1. The van der Waals surface area contributed by atoms with E-state index < -0.39 is 68.2 Å². The lowest BCUT2D eigenvalue weighted by molar-refractivity contribution is -0.306. The second-order valence-corrected chi connectivity index (χ2v) is 12.8. The van der Waals surface area contributed by atoms with Crippen molar-refractivity contribution in [2.75, 3.05) is 13.2 Å². The lowest BCUT2D eigenvalue weighted by atomic mass is 9.99. The molecule has 10 nitrogen and oxygen atoms in total. The van der Waals surface area contributed by atoms with E-state index in [-0.39, 0.29) is 6.42 Å². The summed E-state index contributed by atoms with van der Waals surface area (Å²) >= 11 is 0. The minimum atomic E-state index is -1.73. The largest absolute Gasteiger partial charge is 0.447 e. The van der Waals surface area contributed by atoms with Crippen molar-refractivity contribution in [2.24, 2.45) is 0 Å². The summed E-state index contributed by atoms with van der Waals surface area (Å²) < 4.78 is 16.1. The van der Waals surface area contributed by atoms with Crippen LogP contribution in [0.4, 0.5) is 0 Å². The highest BCUT2D eigenvalue weighted by Gasteiger charge is 2.44. The molecule has 1 aliphatic heterocycles. The monoisotopic (exact) mass is 810 g/mol. The third kappa shape index (κ3) is 26.0. The Balaban J connectivity index is 2.73. The lowest BCUT2D eigenvalue weighted by Gasteiger charge is -2.40. The predicted octanol–water partition coefficient (Wildman–Crippen LogP) is 1.59. The molecule has 1 aliphatic rings. The molecule has 0 aliphatic carbocycles. The van der Waals surface area contributed by atoms with Crippen LogP contribution in [0.15, 0.2) is 0 Å². The number of aliphatic hydroxyl groups is 6. The number of aliphatic hydroxyl groups excluding tert-OH is 6. The maximum Gasteiger partial charge on any atom is 0.385 e. The first kappa shape index (κ1) is 51.9. The van der Waals surface area contributed by atoms with Crippen molar-refractivity contribution in [3.8, 4) is 142 Å². The number of rotatable bonds is 20. The number of hydrogen-bond donors (Lipinski definition) is 6. The first-order valence-corrected chi connectivity index (χ1v) is 19.7. The van der Waals surface area contributed by atoms with Gasteiger partial charge in [0.05, 0.1) is 19.3 Å². The molecule has 0 saturated carbocycles. The third-order valence-electron chi connectivity index (χ3n) is 8.26. The van der Waals surface area contributed by atoms with Gasteiger partial charge in [0.1, 0.15) is 30.5 Å². The molecule has 310 valence electrons. The van der Waals surface area contributed by atoms with Crippen LogP contribution in [-0.4, -0.2) is 98.8 Å². The van der Waals surface area contributed by atoms with Crippen molar-refractivity contribution in [1.82, 2.24) is 0 Å². The molecule has 1 rings (SSSR count). The van der Waals surface area contributed by atoms with E-state index in [2.05, 4.69) is 149 Å². The Hall–Kier alpha value is -6.13. The van der Waals surface area contributed by atoms with Gasteiger partial charge in [-0.25, -0.2) is 4.79 Å². The van der Waals surface area contributed by atoms with Gasteiger partial charge in [0.15, 0.2) is 12.4 Å². The molecular weight excluding hydrogens is 761 g/mol. The third-order valence-corrected chi connectivity index (χ3v) is 8.26. The van der Waals surface area contributed by atoms with Gasteiger partial charge in [-0.3, -0.25) is 0 Å². The summed E-state index contributed by atoms with van der Waals surface area (Å²) in [5, 5.41) is 61.7. The molecule has 0 amide bonds. The van der Waals surface area contributed by atoms with Crippen LogP contribution >= 0.6 is 0 Å². The van der Waals surface area contributed by atoms with Crippen LogP contribution in [0.1, 0.15) is 97.3 Å². The van der Waals surface area contributed by atoms with Crippen LogP contribution in [0.2, 0.25) is 0 Å². The van der Waals surface area contributed by atoms with E-state index in [4.69, 9.17) is 14.2 Å². The Labute approximate surface area is 356 Å². The number of esters is 1. The zero-order valence-corrected chi connectivity index (χ0v) is 34.0. The zero-order chi connectivity index (χ0) is 43.9. The van der Waals surface area contributed by atoms with E-state index in [0.717, 1.165) is 25.7 Å². The molecule has 1 fully saturated rings. The molecule has 8 atom stereocenters. The molecule has 6 N–H and O–H groups in total. The molecule has 0 aromatic heterocycles. The summed E-state index contributed by atoms with van der Waals surface area (Å²) in [6.45, 7) is 2.60. The average Bonchev–Trinajstić information content (AvgIpc) is 3.25. The van der Waals surface area contributed by atoms with E-state index in [1.54, 1.807) is 6.92 Å². The van der Waals surface area contributed by atoms with Gasteiger partial charge in [0.2, 0.25) is 0 Å². The van der Waals surface area contributed by atoms with Gasteiger partial charge >= 0.3 is 5.97 Å². The van der Waals surface area contributed by atoms with Crippen LogP contribution in [0.5, 0.6) is 0 Å². The molecule has 0 spiro atoms. The summed E-state index contributed by atoms with van der Waals surface area (Å²) in [6, 6.07) is 0. The van der Waals surface area contributed by atoms with Crippen molar-refractivity contribution < 1.29 is 49.6 Å². The molecule has 10 heteroatoms. The first-order valence-electron chi connectivity index (χ1n) is 19.7. The summed E-state index contributed by atoms with van der Waals surface area (Å²) in [4.78, 5) is 12.6. The molecule has 1 saturated heterocycles. The summed E-state index contributed by atoms with van der Waals surface area (Å²) in [5.41, 5.74) is 0. The van der Waals surface area contributed by atoms with Crippen LogP contribution in [0.3, 0.4) is 0 Å². The fourth-order valence-corrected chi connectivity index (χ4v) is 5.15. The molecule has 5 unspecified atom stereocenters. The fraction of sp³-hybridized carbons (Fsp3) is 0.500. The first-order chi connectivity index (χ1) is 29.3. The van der Waals surface area contributed by atoms with E-state index in [0.29, 0.717) is 6.42 Å². The fourth-order valence-electron chi connectivity index (χ4n) is 5.15. The van der Waals surface area contributed by atoms with Crippen LogP contribution < -0.4 is 0 Å². The van der Waals surface area contributed by atoms with Crippen LogP contribution in [0, 0.1) is 142 Å². The molecule has 0 bridgehead atoms. The number of carbonyl (C=O) groups is 1. The van der Waals surface area contributed by atoms with Gasteiger partial charge in [0, 0.05) is 41.4 Å². The Morgan fingerprint density at radius 3 is 1.38 bits per heavy atom. The highest BCUT2D eigenvalue weighted by atomic mass is 16.7. The summed E-state index contributed by atoms with van der Waals surface area (Å²) in [7, 11) is 0. The molecular formula is C50H50O10. The molecule has 0 aromatic carbocycles. The molecule has 0 aromatic rings. The van der Waals surface area contributed by atoms with E-state index in [1.807, 2.05) is 0 Å². The Morgan fingerprint density at radius 1 is 0.567 bits per heavy atom. The highest BCUT2D eigenvalue weighted by Crippen LogP contribution is 2.23. The minimum Gasteiger partial charge on any atom is -0.447 e. The van der Waals surface area contributed by atoms with Gasteiger partial charge in [-0.1, -0.05) is 89.9 Å². The predicted molar refractivity (Wildman–Crippen MR) is 226 cm³/mol. The van der Waals surface area contributed by atoms with Gasteiger partial charge in [-0.15, -0.1) is 0 Å². The SMILES string of the molecule is CC#CC#CC#CC#CC#CC#CC#CC#CC#CC#CC#CC#CC(=O)O[C@@H](COC1OC(CO)C(O)C(O)C1O)[C@H](O)[C@H](O)CCCCCCCCCCCCCC. The van der Waals surface area contributed by atoms with Crippen molar-refractivity contribution in [3.63, 3.8) is 0 Å².